The maximum atomic E-state index is 9.45. The lowest BCUT2D eigenvalue weighted by Gasteiger charge is -1.89. The highest BCUT2D eigenvalue weighted by atomic mass is 16.4. The van der Waals surface area contributed by atoms with Crippen molar-refractivity contribution in [3.8, 4) is 0 Å². The molecule has 0 aromatic heterocycles. The van der Waals surface area contributed by atoms with Crippen LogP contribution in [0.2, 0.25) is 0 Å². The van der Waals surface area contributed by atoms with Crippen LogP contribution < -0.4 is 0 Å². The number of carboxylic acids is 2. The van der Waals surface area contributed by atoms with Gasteiger partial charge in [-0.1, -0.05) is 0 Å². The predicted molar refractivity (Wildman–Crippen MR) is 49.0 cm³/mol. The van der Waals surface area contributed by atoms with Crippen LogP contribution >= 0.6 is 0 Å². The summed E-state index contributed by atoms with van der Waals surface area (Å²) in [6, 6.07) is 0. The van der Waals surface area contributed by atoms with Gasteiger partial charge in [-0.25, -0.2) is 4.79 Å². The van der Waals surface area contributed by atoms with Crippen LogP contribution in [0, 0.1) is 0 Å². The summed E-state index contributed by atoms with van der Waals surface area (Å²) in [5, 5.41) is 23.2. The van der Waals surface area contributed by atoms with Crippen LogP contribution in [0.3, 0.4) is 0 Å². The highest BCUT2D eigenvalue weighted by molar-refractivity contribution is 5.72. The molecule has 1 unspecified atom stereocenters. The van der Waals surface area contributed by atoms with Gasteiger partial charge in [0.05, 0.1) is 0 Å². The van der Waals surface area contributed by atoms with E-state index in [0.717, 1.165) is 6.92 Å². The third kappa shape index (κ3) is 147. The number of ketones is 1. The van der Waals surface area contributed by atoms with Crippen molar-refractivity contribution in [1.82, 2.24) is 0 Å². The van der Waals surface area contributed by atoms with Crippen molar-refractivity contribution in [2.45, 2.75) is 33.8 Å². The largest absolute Gasteiger partial charge is 0.481 e. The van der Waals surface area contributed by atoms with Crippen molar-refractivity contribution in [2.75, 3.05) is 0 Å². The normalized spacial score (nSPS) is 9.50. The number of carboxylic acid groups (broad SMARTS) is 2. The molecule has 0 saturated carbocycles. The van der Waals surface area contributed by atoms with Crippen molar-refractivity contribution < 1.29 is 29.7 Å². The topological polar surface area (TPSA) is 112 Å². The highest BCUT2D eigenvalue weighted by Gasteiger charge is 2.01. The highest BCUT2D eigenvalue weighted by Crippen LogP contribution is 1.73. The fraction of sp³-hybridized carbons (Fsp3) is 0.625. The Balaban J connectivity index is -0.000000135. The average Bonchev–Trinajstić information content (AvgIpc) is 1.83. The van der Waals surface area contributed by atoms with E-state index in [1.165, 1.54) is 20.8 Å². The van der Waals surface area contributed by atoms with Crippen LogP contribution in [0.15, 0.2) is 0 Å². The van der Waals surface area contributed by atoms with Gasteiger partial charge in [0.25, 0.3) is 5.97 Å². The summed E-state index contributed by atoms with van der Waals surface area (Å²) in [7, 11) is 0. The molecule has 0 fully saturated rings. The molecule has 0 heterocycles. The molecule has 0 aromatic carbocycles. The molecular weight excluding hydrogens is 192 g/mol. The minimum atomic E-state index is -1.23. The monoisotopic (exact) mass is 208 g/mol. The molecule has 0 aromatic rings. The van der Waals surface area contributed by atoms with Gasteiger partial charge in [0.2, 0.25) is 0 Å². The Kier molecular flexibility index (Phi) is 15.2. The molecule has 0 bridgehead atoms. The quantitative estimate of drug-likeness (QED) is 0.565. The van der Waals surface area contributed by atoms with E-state index >= 15 is 0 Å². The maximum absolute atomic E-state index is 9.45. The summed E-state index contributed by atoms with van der Waals surface area (Å²) in [6.45, 7) is 5.34. The van der Waals surface area contributed by atoms with Gasteiger partial charge in [-0.3, -0.25) is 4.79 Å². The van der Waals surface area contributed by atoms with Crippen molar-refractivity contribution in [2.24, 2.45) is 0 Å². The summed E-state index contributed by atoms with van der Waals surface area (Å²) >= 11 is 0. The molecule has 0 amide bonds. The van der Waals surface area contributed by atoms with Crippen molar-refractivity contribution >= 4 is 17.7 Å². The van der Waals surface area contributed by atoms with Gasteiger partial charge in [-0.05, 0) is 20.8 Å². The summed E-state index contributed by atoms with van der Waals surface area (Å²) in [5.74, 6) is -1.85. The predicted octanol–water partition coefficient (Wildman–Crippen LogP) is 0.138. The standard InChI is InChI=1S/C3H6O3.C3H6O.C2H4O2/c1-2(4)3(5)6;1-3(2)4;1-2(3)4/h2,4H,1H3,(H,5,6);1-2H3;1H3,(H,3,4). The van der Waals surface area contributed by atoms with Crippen LogP contribution in [0.25, 0.3) is 0 Å². The molecule has 0 radical (unpaired) electrons. The number of rotatable bonds is 1. The van der Waals surface area contributed by atoms with E-state index in [9.17, 15) is 9.59 Å². The lowest BCUT2D eigenvalue weighted by molar-refractivity contribution is -0.145. The summed E-state index contributed by atoms with van der Waals surface area (Å²) in [4.78, 5) is 27.9. The van der Waals surface area contributed by atoms with Crippen molar-refractivity contribution in [1.29, 1.82) is 0 Å². The van der Waals surface area contributed by atoms with E-state index < -0.39 is 18.0 Å². The number of aliphatic carboxylic acids is 2. The molecule has 84 valence electrons. The van der Waals surface area contributed by atoms with E-state index in [2.05, 4.69) is 0 Å². The molecule has 0 aliphatic rings. The zero-order chi connectivity index (χ0) is 12.3. The molecule has 0 saturated heterocycles. The molecule has 0 aliphatic carbocycles. The van der Waals surface area contributed by atoms with Gasteiger partial charge in [-0.2, -0.15) is 0 Å². The minimum Gasteiger partial charge on any atom is -0.481 e. The molecule has 0 rings (SSSR count). The number of carbonyl (C=O) groups is 3. The van der Waals surface area contributed by atoms with Gasteiger partial charge in [0, 0.05) is 6.92 Å². The number of aliphatic hydroxyl groups excluding tert-OH is 1. The molecule has 3 N–H and O–H groups in total. The van der Waals surface area contributed by atoms with Crippen LogP contribution in [0.4, 0.5) is 0 Å². The third-order valence-electron chi connectivity index (χ3n) is 0.357. The second-order valence-corrected chi connectivity index (χ2v) is 2.44. The van der Waals surface area contributed by atoms with Crippen LogP contribution in [0.5, 0.6) is 0 Å². The average molecular weight is 208 g/mol. The van der Waals surface area contributed by atoms with E-state index in [1.54, 1.807) is 0 Å². The van der Waals surface area contributed by atoms with Crippen LogP contribution in [0.1, 0.15) is 27.7 Å². The fourth-order valence-electron chi connectivity index (χ4n) is 0. The Bertz CT molecular complexity index is 164. The zero-order valence-corrected chi connectivity index (χ0v) is 8.64. The summed E-state index contributed by atoms with van der Waals surface area (Å²) in [5.41, 5.74) is 0. The molecule has 0 aliphatic heterocycles. The zero-order valence-electron chi connectivity index (χ0n) is 8.64. The minimum absolute atomic E-state index is 0.167. The SMILES string of the molecule is CC(=O)O.CC(C)=O.CC(O)C(=O)O. The van der Waals surface area contributed by atoms with E-state index in [-0.39, 0.29) is 5.78 Å². The maximum Gasteiger partial charge on any atom is 0.332 e. The Labute approximate surface area is 82.2 Å². The van der Waals surface area contributed by atoms with Gasteiger partial charge >= 0.3 is 5.97 Å². The number of hydrogen-bond acceptors (Lipinski definition) is 4. The van der Waals surface area contributed by atoms with Gasteiger partial charge in [-0.15, -0.1) is 0 Å². The lowest BCUT2D eigenvalue weighted by atomic mass is 10.4. The molecule has 6 nitrogen and oxygen atoms in total. The second kappa shape index (κ2) is 11.6. The first kappa shape index (κ1) is 18.4. The second-order valence-electron chi connectivity index (χ2n) is 2.44. The Morgan fingerprint density at radius 1 is 1.00 bits per heavy atom. The lowest BCUT2D eigenvalue weighted by Crippen LogP contribution is -2.13. The first-order valence-corrected chi connectivity index (χ1v) is 3.68. The number of aliphatic hydroxyl groups is 1. The third-order valence-corrected chi connectivity index (χ3v) is 0.357. The van der Waals surface area contributed by atoms with Gasteiger partial charge < -0.3 is 20.1 Å². The Morgan fingerprint density at radius 3 is 1.07 bits per heavy atom. The number of carbonyl (C=O) groups excluding carboxylic acids is 1. The molecule has 14 heavy (non-hydrogen) atoms. The van der Waals surface area contributed by atoms with Crippen LogP contribution in [-0.2, 0) is 14.4 Å². The van der Waals surface area contributed by atoms with Gasteiger partial charge in [0.1, 0.15) is 11.9 Å². The first-order chi connectivity index (χ1) is 6.11. The molecule has 6 heteroatoms. The summed E-state index contributed by atoms with van der Waals surface area (Å²) in [6.07, 6.45) is -1.23. The molecule has 0 spiro atoms. The number of Topliss-reactive ketones (excluding diaryl/α,β-unsaturated/α-hetero) is 1. The first-order valence-electron chi connectivity index (χ1n) is 3.68. The van der Waals surface area contributed by atoms with Crippen molar-refractivity contribution in [3.05, 3.63) is 0 Å². The number of hydrogen-bond donors (Lipinski definition) is 3. The van der Waals surface area contributed by atoms with Crippen LogP contribution in [-0.4, -0.2) is 39.1 Å². The Hall–Kier alpha value is -1.43. The van der Waals surface area contributed by atoms with Crippen molar-refractivity contribution in [3.63, 3.8) is 0 Å². The van der Waals surface area contributed by atoms with E-state index in [1.807, 2.05) is 0 Å². The smallest absolute Gasteiger partial charge is 0.332 e. The van der Waals surface area contributed by atoms with E-state index in [4.69, 9.17) is 20.1 Å². The molecular formula is C8H16O6. The van der Waals surface area contributed by atoms with E-state index in [0.29, 0.717) is 0 Å². The Morgan fingerprint density at radius 2 is 1.07 bits per heavy atom. The van der Waals surface area contributed by atoms with Gasteiger partial charge in [0.15, 0.2) is 0 Å². The fourth-order valence-corrected chi connectivity index (χ4v) is 0. The molecule has 1 atom stereocenters. The summed E-state index contributed by atoms with van der Waals surface area (Å²) < 4.78 is 0.